The Labute approximate surface area is 123 Å². The Kier molecular flexibility index (Phi) is 4.05. The summed E-state index contributed by atoms with van der Waals surface area (Å²) in [6, 6.07) is 10.4. The maximum atomic E-state index is 12.0. The molecule has 1 amide bonds. The van der Waals surface area contributed by atoms with Crippen LogP contribution in [0.4, 0.5) is 5.69 Å². The quantitative estimate of drug-likeness (QED) is 0.752. The zero-order valence-electron chi connectivity index (χ0n) is 10.1. The van der Waals surface area contributed by atoms with Crippen molar-refractivity contribution in [1.82, 2.24) is 0 Å². The lowest BCUT2D eigenvalue weighted by Crippen LogP contribution is -2.12. The third-order valence-corrected chi connectivity index (χ3v) is 3.07. The van der Waals surface area contributed by atoms with Gasteiger partial charge in [-0.2, -0.15) is 0 Å². The number of phenols is 1. The molecular weight excluding hydrogens is 326 g/mol. The zero-order chi connectivity index (χ0) is 14.7. The van der Waals surface area contributed by atoms with Gasteiger partial charge in [0.15, 0.2) is 0 Å². The number of amides is 1. The van der Waals surface area contributed by atoms with Crippen LogP contribution in [0.15, 0.2) is 46.9 Å². The summed E-state index contributed by atoms with van der Waals surface area (Å²) in [5.41, 5.74) is 0.418. The lowest BCUT2D eigenvalue weighted by Gasteiger charge is -2.08. The summed E-state index contributed by atoms with van der Waals surface area (Å²) < 4.78 is 0.744. The lowest BCUT2D eigenvalue weighted by molar-refractivity contribution is 0.0696. The maximum Gasteiger partial charge on any atom is 0.335 e. The fourth-order valence-electron chi connectivity index (χ4n) is 1.59. The third-order valence-electron chi connectivity index (χ3n) is 2.58. The number of nitrogens with one attached hydrogen (secondary N) is 1. The van der Waals surface area contributed by atoms with Crippen LogP contribution in [0.5, 0.6) is 5.75 Å². The smallest absolute Gasteiger partial charge is 0.335 e. The van der Waals surface area contributed by atoms with Gasteiger partial charge in [0, 0.05) is 10.0 Å². The van der Waals surface area contributed by atoms with Crippen molar-refractivity contribution in [2.24, 2.45) is 0 Å². The van der Waals surface area contributed by atoms with Crippen LogP contribution in [0.2, 0.25) is 0 Å². The van der Waals surface area contributed by atoms with E-state index < -0.39 is 11.9 Å². The van der Waals surface area contributed by atoms with E-state index in [1.165, 1.54) is 18.2 Å². The van der Waals surface area contributed by atoms with Gasteiger partial charge in [-0.1, -0.05) is 22.0 Å². The predicted molar refractivity (Wildman–Crippen MR) is 77.2 cm³/mol. The molecule has 0 bridgehead atoms. The van der Waals surface area contributed by atoms with Crippen molar-refractivity contribution in [2.75, 3.05) is 5.32 Å². The highest BCUT2D eigenvalue weighted by Crippen LogP contribution is 2.25. The summed E-state index contributed by atoms with van der Waals surface area (Å²) in [7, 11) is 0. The van der Waals surface area contributed by atoms with Gasteiger partial charge in [0.1, 0.15) is 5.75 Å². The lowest BCUT2D eigenvalue weighted by atomic mass is 10.1. The maximum absolute atomic E-state index is 12.0. The minimum atomic E-state index is -1.14. The number of aromatic carboxylic acids is 1. The van der Waals surface area contributed by atoms with Crippen LogP contribution < -0.4 is 5.32 Å². The van der Waals surface area contributed by atoms with E-state index in [0.29, 0.717) is 5.56 Å². The van der Waals surface area contributed by atoms with Gasteiger partial charge in [0.2, 0.25) is 0 Å². The zero-order valence-corrected chi connectivity index (χ0v) is 11.7. The minimum Gasteiger partial charge on any atom is -0.506 e. The Morgan fingerprint density at radius 3 is 2.45 bits per heavy atom. The van der Waals surface area contributed by atoms with Crippen molar-refractivity contribution in [3.63, 3.8) is 0 Å². The summed E-state index contributed by atoms with van der Waals surface area (Å²) in [6.45, 7) is 0. The van der Waals surface area contributed by atoms with Crippen molar-refractivity contribution in [1.29, 1.82) is 0 Å². The van der Waals surface area contributed by atoms with Crippen LogP contribution in [-0.4, -0.2) is 22.1 Å². The first-order valence-corrected chi connectivity index (χ1v) is 6.40. The Hall–Kier alpha value is -2.34. The van der Waals surface area contributed by atoms with E-state index in [9.17, 15) is 14.7 Å². The Balaban J connectivity index is 2.27. The molecule has 0 aliphatic heterocycles. The van der Waals surface area contributed by atoms with Gasteiger partial charge >= 0.3 is 5.97 Å². The SMILES string of the molecule is O=C(O)c1ccc(O)c(NC(=O)c2cccc(Br)c2)c1. The number of aromatic hydroxyl groups is 1. The molecule has 0 aliphatic carbocycles. The molecule has 0 atom stereocenters. The van der Waals surface area contributed by atoms with Crippen molar-refractivity contribution in [2.45, 2.75) is 0 Å². The van der Waals surface area contributed by atoms with E-state index in [0.717, 1.165) is 4.47 Å². The summed E-state index contributed by atoms with van der Waals surface area (Å²) in [5, 5.41) is 21.0. The molecule has 3 N–H and O–H groups in total. The van der Waals surface area contributed by atoms with Crippen molar-refractivity contribution < 1.29 is 19.8 Å². The summed E-state index contributed by atoms with van der Waals surface area (Å²) >= 11 is 3.25. The van der Waals surface area contributed by atoms with Gasteiger partial charge in [-0.3, -0.25) is 4.79 Å². The van der Waals surface area contributed by atoms with Gasteiger partial charge in [-0.25, -0.2) is 4.79 Å². The normalized spacial score (nSPS) is 10.1. The second kappa shape index (κ2) is 5.75. The van der Waals surface area contributed by atoms with Crippen LogP contribution in [0.3, 0.4) is 0 Å². The molecule has 0 heterocycles. The van der Waals surface area contributed by atoms with Gasteiger partial charge in [0.05, 0.1) is 11.3 Å². The number of carbonyl (C=O) groups excluding carboxylic acids is 1. The molecule has 0 fully saturated rings. The highest BCUT2D eigenvalue weighted by Gasteiger charge is 2.12. The van der Waals surface area contributed by atoms with E-state index in [1.807, 2.05) is 0 Å². The number of hydrogen-bond acceptors (Lipinski definition) is 3. The molecule has 2 aromatic rings. The monoisotopic (exact) mass is 335 g/mol. The first kappa shape index (κ1) is 14.1. The van der Waals surface area contributed by atoms with E-state index in [2.05, 4.69) is 21.2 Å². The molecule has 0 saturated carbocycles. The number of anilines is 1. The van der Waals surface area contributed by atoms with E-state index in [4.69, 9.17) is 5.11 Å². The van der Waals surface area contributed by atoms with Crippen LogP contribution in [0, 0.1) is 0 Å². The standard InChI is InChI=1S/C14H10BrNO4/c15-10-3-1-2-8(6-10)13(18)16-11-7-9(14(19)20)4-5-12(11)17/h1-7,17H,(H,16,18)(H,19,20). The molecule has 5 nitrogen and oxygen atoms in total. The molecule has 0 aromatic heterocycles. The molecule has 0 saturated heterocycles. The minimum absolute atomic E-state index is 0.0210. The average molecular weight is 336 g/mol. The molecule has 102 valence electrons. The summed E-state index contributed by atoms with van der Waals surface area (Å²) in [6.07, 6.45) is 0. The number of benzene rings is 2. The highest BCUT2D eigenvalue weighted by molar-refractivity contribution is 9.10. The summed E-state index contributed by atoms with van der Waals surface area (Å²) in [5.74, 6) is -1.77. The highest BCUT2D eigenvalue weighted by atomic mass is 79.9. The first-order valence-electron chi connectivity index (χ1n) is 5.60. The number of phenolic OH excluding ortho intramolecular Hbond substituents is 1. The molecule has 0 aliphatic rings. The number of rotatable bonds is 3. The van der Waals surface area contributed by atoms with Gasteiger partial charge in [-0.15, -0.1) is 0 Å². The average Bonchev–Trinajstić information content (AvgIpc) is 2.41. The predicted octanol–water partition coefficient (Wildman–Crippen LogP) is 3.11. The number of carboxylic acids is 1. The number of carboxylic acid groups (broad SMARTS) is 1. The summed E-state index contributed by atoms with van der Waals surface area (Å²) in [4.78, 5) is 22.9. The Morgan fingerprint density at radius 2 is 1.80 bits per heavy atom. The van der Waals surface area contributed by atoms with E-state index in [-0.39, 0.29) is 17.0 Å². The van der Waals surface area contributed by atoms with Crippen molar-refractivity contribution >= 4 is 33.5 Å². The second-order valence-electron chi connectivity index (χ2n) is 4.00. The van der Waals surface area contributed by atoms with Crippen LogP contribution >= 0.6 is 15.9 Å². The van der Waals surface area contributed by atoms with Crippen molar-refractivity contribution in [3.05, 3.63) is 58.1 Å². The van der Waals surface area contributed by atoms with Gasteiger partial charge in [0.25, 0.3) is 5.91 Å². The third kappa shape index (κ3) is 3.16. The first-order chi connectivity index (χ1) is 9.47. The Morgan fingerprint density at radius 1 is 1.05 bits per heavy atom. The molecule has 6 heteroatoms. The Bertz CT molecular complexity index is 685. The molecule has 2 aromatic carbocycles. The van der Waals surface area contributed by atoms with Crippen LogP contribution in [0.1, 0.15) is 20.7 Å². The molecule has 0 radical (unpaired) electrons. The molecule has 0 unspecified atom stereocenters. The molecule has 20 heavy (non-hydrogen) atoms. The topological polar surface area (TPSA) is 86.6 Å². The number of halogens is 1. The van der Waals surface area contributed by atoms with E-state index in [1.54, 1.807) is 24.3 Å². The number of hydrogen-bond donors (Lipinski definition) is 3. The fourth-order valence-corrected chi connectivity index (χ4v) is 1.99. The molecule has 0 spiro atoms. The second-order valence-corrected chi connectivity index (χ2v) is 4.92. The number of carbonyl (C=O) groups is 2. The van der Waals surface area contributed by atoms with Crippen LogP contribution in [0.25, 0.3) is 0 Å². The van der Waals surface area contributed by atoms with Crippen molar-refractivity contribution in [3.8, 4) is 5.75 Å². The fraction of sp³-hybridized carbons (Fsp3) is 0. The molecule has 2 rings (SSSR count). The van der Waals surface area contributed by atoms with Gasteiger partial charge in [-0.05, 0) is 36.4 Å². The largest absolute Gasteiger partial charge is 0.506 e. The van der Waals surface area contributed by atoms with Gasteiger partial charge < -0.3 is 15.5 Å². The van der Waals surface area contributed by atoms with E-state index >= 15 is 0 Å². The van der Waals surface area contributed by atoms with Crippen LogP contribution in [-0.2, 0) is 0 Å². The molecular formula is C14H10BrNO4.